The van der Waals surface area contributed by atoms with Gasteiger partial charge in [-0.15, -0.1) is 5.10 Å². The van der Waals surface area contributed by atoms with Gasteiger partial charge in [0.15, 0.2) is 5.82 Å². The Labute approximate surface area is 178 Å². The lowest BCUT2D eigenvalue weighted by atomic mass is 9.83. The van der Waals surface area contributed by atoms with Gasteiger partial charge in [0.1, 0.15) is 0 Å². The minimum absolute atomic E-state index is 0.0190. The predicted octanol–water partition coefficient (Wildman–Crippen LogP) is 2.32. The van der Waals surface area contributed by atoms with Crippen LogP contribution in [0.5, 0.6) is 0 Å². The van der Waals surface area contributed by atoms with Gasteiger partial charge in [-0.25, -0.2) is 0 Å². The standard InChI is InChI=1S/C22H32N6O2/c1-17-23-24-25-28(17)21-11-4-3-9-19(21)22(29)27(14-15-30-2)16-18-8-7-13-26-12-6-5-10-20(18)26/h3-4,9,11,18,20H,5-8,10,12-16H2,1-2H3. The molecule has 2 atom stereocenters. The quantitative estimate of drug-likeness (QED) is 0.695. The number of ether oxygens (including phenoxy) is 1. The highest BCUT2D eigenvalue weighted by molar-refractivity contribution is 5.97. The Bertz CT molecular complexity index is 852. The van der Waals surface area contributed by atoms with Crippen molar-refractivity contribution in [2.75, 3.05) is 39.9 Å². The molecule has 0 aliphatic carbocycles. The second kappa shape index (κ2) is 9.66. The van der Waals surface area contributed by atoms with Crippen molar-refractivity contribution in [3.8, 4) is 5.69 Å². The summed E-state index contributed by atoms with van der Waals surface area (Å²) >= 11 is 0. The number of benzene rings is 1. The summed E-state index contributed by atoms with van der Waals surface area (Å²) in [6, 6.07) is 8.17. The minimum atomic E-state index is 0.0190. The number of fused-ring (bicyclic) bond motifs is 1. The van der Waals surface area contributed by atoms with Gasteiger partial charge in [-0.3, -0.25) is 4.79 Å². The fraction of sp³-hybridized carbons (Fsp3) is 0.636. The normalized spacial score (nSPS) is 21.9. The molecule has 30 heavy (non-hydrogen) atoms. The molecule has 3 heterocycles. The highest BCUT2D eigenvalue weighted by Crippen LogP contribution is 2.32. The van der Waals surface area contributed by atoms with Crippen LogP contribution >= 0.6 is 0 Å². The third-order valence-electron chi connectivity index (χ3n) is 6.52. The molecule has 1 amide bonds. The Kier molecular flexibility index (Phi) is 6.74. The number of methoxy groups -OCH3 is 1. The molecule has 0 N–H and O–H groups in total. The van der Waals surface area contributed by atoms with Gasteiger partial charge >= 0.3 is 0 Å². The first-order chi connectivity index (χ1) is 14.7. The molecule has 1 aromatic heterocycles. The molecule has 162 valence electrons. The molecule has 1 aromatic carbocycles. The third-order valence-corrected chi connectivity index (χ3v) is 6.52. The summed E-state index contributed by atoms with van der Waals surface area (Å²) in [4.78, 5) is 18.3. The van der Waals surface area contributed by atoms with Gasteiger partial charge in [0.25, 0.3) is 5.91 Å². The number of aromatic nitrogens is 4. The number of carbonyl (C=O) groups excluding carboxylic acids is 1. The highest BCUT2D eigenvalue weighted by atomic mass is 16.5. The molecule has 2 aromatic rings. The first-order valence-corrected chi connectivity index (χ1v) is 11.1. The summed E-state index contributed by atoms with van der Waals surface area (Å²) in [6.07, 6.45) is 6.25. The molecular weight excluding hydrogens is 380 g/mol. The molecule has 2 unspecified atom stereocenters. The van der Waals surface area contributed by atoms with Crippen LogP contribution in [0.1, 0.15) is 48.3 Å². The molecule has 0 spiro atoms. The van der Waals surface area contributed by atoms with E-state index in [9.17, 15) is 4.79 Å². The van der Waals surface area contributed by atoms with E-state index in [0.29, 0.717) is 36.5 Å². The monoisotopic (exact) mass is 412 g/mol. The number of hydrogen-bond donors (Lipinski definition) is 0. The summed E-state index contributed by atoms with van der Waals surface area (Å²) in [6.45, 7) is 6.12. The van der Waals surface area contributed by atoms with Crippen LogP contribution in [-0.2, 0) is 4.74 Å². The first kappa shape index (κ1) is 20.9. The maximum Gasteiger partial charge on any atom is 0.256 e. The summed E-state index contributed by atoms with van der Waals surface area (Å²) in [5.41, 5.74) is 1.34. The van der Waals surface area contributed by atoms with E-state index in [4.69, 9.17) is 4.74 Å². The number of piperidine rings is 2. The lowest BCUT2D eigenvalue weighted by molar-refractivity contribution is 0.0315. The van der Waals surface area contributed by atoms with E-state index >= 15 is 0 Å². The van der Waals surface area contributed by atoms with Crippen molar-refractivity contribution in [2.45, 2.75) is 45.1 Å². The van der Waals surface area contributed by atoms with Crippen molar-refractivity contribution in [1.29, 1.82) is 0 Å². The average molecular weight is 413 g/mol. The molecule has 2 aliphatic rings. The average Bonchev–Trinajstić information content (AvgIpc) is 3.22. The number of nitrogens with zero attached hydrogens (tertiary/aromatic N) is 6. The maximum atomic E-state index is 13.7. The van der Waals surface area contributed by atoms with Gasteiger partial charge in [-0.05, 0) is 74.2 Å². The van der Waals surface area contributed by atoms with Crippen LogP contribution in [-0.4, -0.2) is 81.9 Å². The molecular formula is C22H32N6O2. The Morgan fingerprint density at radius 2 is 2.03 bits per heavy atom. The molecule has 0 bridgehead atoms. The van der Waals surface area contributed by atoms with E-state index < -0.39 is 0 Å². The summed E-state index contributed by atoms with van der Waals surface area (Å²) < 4.78 is 6.96. The van der Waals surface area contributed by atoms with E-state index in [1.54, 1.807) is 11.8 Å². The van der Waals surface area contributed by atoms with Crippen LogP contribution in [0, 0.1) is 12.8 Å². The molecule has 0 saturated carbocycles. The smallest absolute Gasteiger partial charge is 0.256 e. The second-order valence-corrected chi connectivity index (χ2v) is 8.40. The topological polar surface area (TPSA) is 76.4 Å². The van der Waals surface area contributed by atoms with E-state index in [1.807, 2.05) is 36.1 Å². The van der Waals surface area contributed by atoms with E-state index in [0.717, 1.165) is 12.2 Å². The minimum Gasteiger partial charge on any atom is -0.383 e. The first-order valence-electron chi connectivity index (χ1n) is 11.1. The fourth-order valence-corrected chi connectivity index (χ4v) is 5.01. The SMILES string of the molecule is COCCN(CC1CCCN2CCCCC12)C(=O)c1ccccc1-n1nnnc1C. The number of rotatable bonds is 7. The number of para-hydroxylation sites is 1. The predicted molar refractivity (Wildman–Crippen MR) is 114 cm³/mol. The van der Waals surface area contributed by atoms with Crippen molar-refractivity contribution in [3.05, 3.63) is 35.7 Å². The van der Waals surface area contributed by atoms with E-state index in [1.165, 1.54) is 45.2 Å². The van der Waals surface area contributed by atoms with Crippen LogP contribution < -0.4 is 0 Å². The van der Waals surface area contributed by atoms with Gasteiger partial charge in [-0.2, -0.15) is 4.68 Å². The van der Waals surface area contributed by atoms with Crippen molar-refractivity contribution in [2.24, 2.45) is 5.92 Å². The second-order valence-electron chi connectivity index (χ2n) is 8.40. The molecule has 2 aliphatic heterocycles. The van der Waals surface area contributed by atoms with Gasteiger partial charge in [0.05, 0.1) is 17.9 Å². The Morgan fingerprint density at radius 3 is 2.83 bits per heavy atom. The molecule has 8 heteroatoms. The van der Waals surface area contributed by atoms with Gasteiger partial charge < -0.3 is 14.5 Å². The summed E-state index contributed by atoms with van der Waals surface area (Å²) in [5, 5.41) is 11.8. The van der Waals surface area contributed by atoms with Crippen LogP contribution in [0.3, 0.4) is 0 Å². The van der Waals surface area contributed by atoms with Crippen molar-refractivity contribution in [1.82, 2.24) is 30.0 Å². The summed E-state index contributed by atoms with van der Waals surface area (Å²) in [7, 11) is 1.69. The van der Waals surface area contributed by atoms with Gasteiger partial charge in [0.2, 0.25) is 0 Å². The Hall–Kier alpha value is -2.32. The van der Waals surface area contributed by atoms with Crippen molar-refractivity contribution >= 4 is 5.91 Å². The zero-order valence-corrected chi connectivity index (χ0v) is 18.0. The fourth-order valence-electron chi connectivity index (χ4n) is 5.01. The van der Waals surface area contributed by atoms with E-state index in [-0.39, 0.29) is 5.91 Å². The molecule has 2 fully saturated rings. The lowest BCUT2D eigenvalue weighted by Gasteiger charge is -2.45. The zero-order chi connectivity index (χ0) is 20.9. The van der Waals surface area contributed by atoms with E-state index in [2.05, 4.69) is 20.4 Å². The van der Waals surface area contributed by atoms with Crippen molar-refractivity contribution in [3.63, 3.8) is 0 Å². The number of aryl methyl sites for hydroxylation is 1. The van der Waals surface area contributed by atoms with Crippen molar-refractivity contribution < 1.29 is 9.53 Å². The van der Waals surface area contributed by atoms with Gasteiger partial charge in [-0.1, -0.05) is 18.6 Å². The third kappa shape index (κ3) is 4.39. The van der Waals surface area contributed by atoms with Crippen LogP contribution in [0.4, 0.5) is 0 Å². The largest absolute Gasteiger partial charge is 0.383 e. The number of amides is 1. The summed E-state index contributed by atoms with van der Waals surface area (Å²) in [5.74, 6) is 1.19. The van der Waals surface area contributed by atoms with Crippen LogP contribution in [0.2, 0.25) is 0 Å². The molecule has 4 rings (SSSR count). The highest BCUT2D eigenvalue weighted by Gasteiger charge is 2.35. The molecule has 8 nitrogen and oxygen atoms in total. The number of tetrazole rings is 1. The Morgan fingerprint density at radius 1 is 1.20 bits per heavy atom. The number of carbonyl (C=O) groups is 1. The van der Waals surface area contributed by atoms with Crippen LogP contribution in [0.15, 0.2) is 24.3 Å². The number of hydrogen-bond acceptors (Lipinski definition) is 6. The molecule has 0 radical (unpaired) electrons. The van der Waals surface area contributed by atoms with Crippen LogP contribution in [0.25, 0.3) is 5.69 Å². The molecule has 2 saturated heterocycles. The Balaban J connectivity index is 1.58. The lowest BCUT2D eigenvalue weighted by Crippen LogP contribution is -2.52. The maximum absolute atomic E-state index is 13.7. The zero-order valence-electron chi connectivity index (χ0n) is 18.0. The van der Waals surface area contributed by atoms with Gasteiger partial charge in [0, 0.05) is 26.2 Å².